The Labute approximate surface area is 263 Å². The Bertz CT molecular complexity index is 1800. The Morgan fingerprint density at radius 1 is 1.02 bits per heavy atom. The number of rotatable bonds is 9. The Morgan fingerprint density at radius 3 is 2.50 bits per heavy atom. The van der Waals surface area contributed by atoms with Crippen LogP contribution in [0.3, 0.4) is 0 Å². The predicted octanol–water partition coefficient (Wildman–Crippen LogP) is 6.00. The van der Waals surface area contributed by atoms with Gasteiger partial charge in [0.1, 0.15) is 41.0 Å². The van der Waals surface area contributed by atoms with Gasteiger partial charge >= 0.3 is 0 Å². The van der Waals surface area contributed by atoms with Gasteiger partial charge in [-0.05, 0) is 43.2 Å². The van der Waals surface area contributed by atoms with Crippen molar-refractivity contribution in [1.29, 1.82) is 0 Å². The van der Waals surface area contributed by atoms with E-state index in [1.54, 1.807) is 48.5 Å². The highest BCUT2D eigenvalue weighted by molar-refractivity contribution is 5.95. The van der Waals surface area contributed by atoms with Crippen LogP contribution in [0.5, 0.6) is 17.2 Å². The lowest BCUT2D eigenvalue weighted by Gasteiger charge is -2.32. The van der Waals surface area contributed by atoms with E-state index in [0.29, 0.717) is 47.1 Å². The number of amides is 1. The van der Waals surface area contributed by atoms with E-state index in [1.807, 2.05) is 11.0 Å². The number of anilines is 4. The highest BCUT2D eigenvalue weighted by Crippen LogP contribution is 2.59. The molecule has 2 N–H and O–H groups in total. The maximum atomic E-state index is 15.4. The maximum absolute atomic E-state index is 15.4. The number of carbonyl (C=O) groups is 1. The van der Waals surface area contributed by atoms with E-state index in [2.05, 4.69) is 32.2 Å². The molecule has 10 nitrogen and oxygen atoms in total. The summed E-state index contributed by atoms with van der Waals surface area (Å²) in [5.41, 5.74) is 1.53. The van der Waals surface area contributed by atoms with Crippen LogP contribution in [0.1, 0.15) is 12.8 Å². The summed E-state index contributed by atoms with van der Waals surface area (Å²) in [6, 6.07) is 11.5. The highest BCUT2D eigenvalue weighted by Gasteiger charge is 2.71. The second kappa shape index (κ2) is 11.7. The molecule has 0 bridgehead atoms. The van der Waals surface area contributed by atoms with Crippen molar-refractivity contribution in [2.75, 3.05) is 48.8 Å². The molecule has 3 aliphatic rings. The van der Waals surface area contributed by atoms with E-state index in [9.17, 15) is 13.6 Å². The summed E-state index contributed by atoms with van der Waals surface area (Å²) in [5.74, 6) is -2.20. The molecule has 0 spiro atoms. The van der Waals surface area contributed by atoms with Crippen molar-refractivity contribution < 1.29 is 27.4 Å². The number of likely N-dealkylation sites (tertiary alicyclic amines) is 1. The van der Waals surface area contributed by atoms with Crippen LogP contribution in [0, 0.1) is 17.7 Å². The first-order valence-electron chi connectivity index (χ1n) is 15.1. The van der Waals surface area contributed by atoms with Crippen LogP contribution >= 0.6 is 0 Å². The lowest BCUT2D eigenvalue weighted by Crippen LogP contribution is -2.41. The van der Waals surface area contributed by atoms with Gasteiger partial charge in [-0.25, -0.2) is 28.1 Å². The summed E-state index contributed by atoms with van der Waals surface area (Å²) in [4.78, 5) is 28.6. The molecule has 3 fully saturated rings. The molecule has 2 aromatic carbocycles. The van der Waals surface area contributed by atoms with Crippen LogP contribution < -0.4 is 25.0 Å². The number of fused-ring (bicyclic) bond motifs is 2. The second-order valence-corrected chi connectivity index (χ2v) is 11.8. The van der Waals surface area contributed by atoms with Gasteiger partial charge in [0.15, 0.2) is 0 Å². The number of pyridine rings is 1. The minimum atomic E-state index is -2.57. The standard InChI is InChI=1S/C33H32F3N7O3/c1-3-31(44)42-10-7-19(8-11-42)40-28-14-22-27(15-29(28)45-2)38-18-39-32(22)41-26-5-4-20(12-25(26)34)46-21-6-9-37-30(13-21)43-16-23-24(17-43)33(23,35)36/h3-6,9,12-15,18-19,23-24,40H,1,7-8,10-11,16-17H2,2H3,(H,38,39,41). The van der Waals surface area contributed by atoms with Crippen molar-refractivity contribution >= 4 is 39.8 Å². The van der Waals surface area contributed by atoms with Gasteiger partial charge in [-0.15, -0.1) is 0 Å². The number of alkyl halides is 2. The number of nitrogens with zero attached hydrogens (tertiary/aromatic N) is 5. The molecule has 2 unspecified atom stereocenters. The molecule has 0 radical (unpaired) electrons. The first-order chi connectivity index (χ1) is 22.2. The van der Waals surface area contributed by atoms with Crippen LogP contribution in [0.25, 0.3) is 10.9 Å². The first kappa shape index (κ1) is 29.6. The van der Waals surface area contributed by atoms with Crippen LogP contribution in [-0.4, -0.2) is 71.0 Å². The van der Waals surface area contributed by atoms with Crippen molar-refractivity contribution in [3.63, 3.8) is 0 Å². The Hall–Kier alpha value is -5.07. The van der Waals surface area contributed by atoms with Crippen LogP contribution in [0.2, 0.25) is 0 Å². The molecule has 2 saturated heterocycles. The van der Waals surface area contributed by atoms with Gasteiger partial charge in [0.2, 0.25) is 5.91 Å². The zero-order chi connectivity index (χ0) is 32.0. The third kappa shape index (κ3) is 5.61. The maximum Gasteiger partial charge on any atom is 0.258 e. The van der Waals surface area contributed by atoms with Gasteiger partial charge in [-0.3, -0.25) is 4.79 Å². The van der Waals surface area contributed by atoms with Crippen molar-refractivity contribution in [2.45, 2.75) is 24.8 Å². The summed E-state index contributed by atoms with van der Waals surface area (Å²) in [6.45, 7) is 5.32. The number of ether oxygens (including phenoxy) is 2. The van der Waals surface area contributed by atoms with E-state index in [0.717, 1.165) is 18.5 Å². The number of hydrogen-bond donors (Lipinski definition) is 2. The molecule has 1 amide bonds. The molecule has 46 heavy (non-hydrogen) atoms. The van der Waals surface area contributed by atoms with Crippen molar-refractivity contribution in [3.05, 3.63) is 73.5 Å². The van der Waals surface area contributed by atoms with Gasteiger partial charge in [-0.2, -0.15) is 0 Å². The van der Waals surface area contributed by atoms with Crippen LogP contribution in [0.15, 0.2) is 67.6 Å². The summed E-state index contributed by atoms with van der Waals surface area (Å²) in [6.07, 6.45) is 5.79. The molecule has 2 atom stereocenters. The Kier molecular flexibility index (Phi) is 7.53. The quantitative estimate of drug-likeness (QED) is 0.215. The zero-order valence-electron chi connectivity index (χ0n) is 25.1. The molecule has 13 heteroatoms. The lowest BCUT2D eigenvalue weighted by molar-refractivity contribution is -0.126. The Balaban J connectivity index is 1.06. The number of methoxy groups -OCH3 is 1. The summed E-state index contributed by atoms with van der Waals surface area (Å²) in [5, 5.41) is 7.27. The molecule has 4 heterocycles. The van der Waals surface area contributed by atoms with Crippen molar-refractivity contribution in [2.24, 2.45) is 11.8 Å². The molecule has 7 rings (SSSR count). The predicted molar refractivity (Wildman–Crippen MR) is 168 cm³/mol. The zero-order valence-corrected chi connectivity index (χ0v) is 25.1. The number of piperidine rings is 2. The number of carbonyl (C=O) groups excluding carboxylic acids is 1. The van der Waals surface area contributed by atoms with E-state index in [1.165, 1.54) is 18.5 Å². The largest absolute Gasteiger partial charge is 0.495 e. The average Bonchev–Trinajstić information content (AvgIpc) is 3.36. The summed E-state index contributed by atoms with van der Waals surface area (Å²) < 4.78 is 54.1. The number of nitrogens with one attached hydrogen (secondary N) is 2. The third-order valence-corrected chi connectivity index (χ3v) is 8.97. The third-order valence-electron chi connectivity index (χ3n) is 8.97. The van der Waals surface area contributed by atoms with Gasteiger partial charge in [0, 0.05) is 62.0 Å². The molecule has 1 aliphatic carbocycles. The van der Waals surface area contributed by atoms with Gasteiger partial charge < -0.3 is 29.9 Å². The molecule has 2 aromatic heterocycles. The minimum absolute atomic E-state index is 0.0710. The number of benzene rings is 2. The van der Waals surface area contributed by atoms with E-state index in [-0.39, 0.29) is 36.5 Å². The normalized spacial score (nSPS) is 20.3. The molecule has 2 aliphatic heterocycles. The van der Waals surface area contributed by atoms with Crippen LogP contribution in [0.4, 0.5) is 36.2 Å². The second-order valence-electron chi connectivity index (χ2n) is 11.8. The highest BCUT2D eigenvalue weighted by atomic mass is 19.3. The fourth-order valence-electron chi connectivity index (χ4n) is 6.31. The van der Waals surface area contributed by atoms with Gasteiger partial charge in [0.25, 0.3) is 5.92 Å². The van der Waals surface area contributed by atoms with E-state index >= 15 is 4.39 Å². The Morgan fingerprint density at radius 2 is 1.78 bits per heavy atom. The fraction of sp³-hybridized carbons (Fsp3) is 0.333. The minimum Gasteiger partial charge on any atom is -0.495 e. The molecule has 238 valence electrons. The smallest absolute Gasteiger partial charge is 0.258 e. The van der Waals surface area contributed by atoms with Crippen molar-refractivity contribution in [1.82, 2.24) is 19.9 Å². The summed E-state index contributed by atoms with van der Waals surface area (Å²) >= 11 is 0. The molecular formula is C33H32F3N7O3. The lowest BCUT2D eigenvalue weighted by atomic mass is 10.0. The van der Waals surface area contributed by atoms with Crippen LogP contribution in [-0.2, 0) is 4.79 Å². The first-order valence-corrected chi connectivity index (χ1v) is 15.1. The summed E-state index contributed by atoms with van der Waals surface area (Å²) in [7, 11) is 1.58. The number of hydrogen-bond acceptors (Lipinski definition) is 9. The van der Waals surface area contributed by atoms with Crippen molar-refractivity contribution in [3.8, 4) is 17.2 Å². The number of aromatic nitrogens is 3. The van der Waals surface area contributed by atoms with E-state index in [4.69, 9.17) is 9.47 Å². The molecule has 1 saturated carbocycles. The fourth-order valence-corrected chi connectivity index (χ4v) is 6.31. The monoisotopic (exact) mass is 631 g/mol. The topological polar surface area (TPSA) is 105 Å². The average molecular weight is 632 g/mol. The van der Waals surface area contributed by atoms with Gasteiger partial charge in [0.05, 0.1) is 35.8 Å². The molecule has 4 aromatic rings. The van der Waals surface area contributed by atoms with Gasteiger partial charge in [-0.1, -0.05) is 6.58 Å². The SMILES string of the molecule is C=CC(=O)N1CCC(Nc2cc3c(Nc4ccc(Oc5ccnc(N6CC7C(C6)C7(F)F)c5)cc4F)ncnc3cc2OC)CC1. The number of halogens is 3. The molecular weight excluding hydrogens is 599 g/mol. The van der Waals surface area contributed by atoms with E-state index < -0.39 is 23.6 Å².